The number of rotatable bonds is 2. The molecule has 1 aliphatic carbocycles. The van der Waals surface area contributed by atoms with Crippen molar-refractivity contribution >= 4 is 16.9 Å². The summed E-state index contributed by atoms with van der Waals surface area (Å²) in [4.78, 5) is 4.75. The van der Waals surface area contributed by atoms with E-state index in [0.29, 0.717) is 5.54 Å². The molecule has 18 heavy (non-hydrogen) atoms. The van der Waals surface area contributed by atoms with Crippen LogP contribution in [-0.2, 0) is 0 Å². The van der Waals surface area contributed by atoms with Crippen LogP contribution in [0.3, 0.4) is 0 Å². The fourth-order valence-electron chi connectivity index (χ4n) is 2.81. The van der Waals surface area contributed by atoms with Crippen molar-refractivity contribution in [3.8, 4) is 0 Å². The van der Waals surface area contributed by atoms with Gasteiger partial charge in [-0.05, 0) is 38.8 Å². The second kappa shape index (κ2) is 4.65. The maximum absolute atomic E-state index is 5.63. The Morgan fingerprint density at radius 3 is 2.83 bits per heavy atom. The van der Waals surface area contributed by atoms with Gasteiger partial charge in [-0.1, -0.05) is 24.6 Å². The summed E-state index contributed by atoms with van der Waals surface area (Å²) in [6, 6.07) is 4.12. The highest BCUT2D eigenvalue weighted by Gasteiger charge is 2.39. The van der Waals surface area contributed by atoms with Gasteiger partial charge in [0.05, 0.1) is 0 Å². The van der Waals surface area contributed by atoms with Crippen LogP contribution in [0.25, 0.3) is 0 Å². The summed E-state index contributed by atoms with van der Waals surface area (Å²) in [6.07, 6.45) is 5.31. The number of nitrogens with one attached hydrogen (secondary N) is 1. The molecule has 3 nitrogen and oxygen atoms in total. The van der Waals surface area contributed by atoms with Gasteiger partial charge in [-0.25, -0.2) is 0 Å². The Hall–Kier alpha value is -0.900. The molecule has 1 atom stereocenters. The monoisotopic (exact) mass is 264 g/mol. The highest BCUT2D eigenvalue weighted by Crippen LogP contribution is 2.38. The number of amidine groups is 1. The van der Waals surface area contributed by atoms with Crippen LogP contribution in [0.5, 0.6) is 0 Å². The number of aryl methyl sites for hydroxylation is 1. The quantitative estimate of drug-likeness (QED) is 0.886. The first-order valence-corrected chi connectivity index (χ1v) is 7.71. The molecule has 1 N–H and O–H groups in total. The van der Waals surface area contributed by atoms with Crippen LogP contribution in [0.15, 0.2) is 21.5 Å². The molecule has 98 valence electrons. The van der Waals surface area contributed by atoms with E-state index in [1.54, 1.807) is 0 Å². The zero-order chi connectivity index (χ0) is 12.6. The van der Waals surface area contributed by atoms with Gasteiger partial charge in [-0.2, -0.15) is 0 Å². The number of hydrogen-bond donors (Lipinski definition) is 1. The van der Waals surface area contributed by atoms with E-state index < -0.39 is 0 Å². The summed E-state index contributed by atoms with van der Waals surface area (Å²) in [5, 5.41) is 4.74. The molecular formula is C14H20N2OS. The lowest BCUT2D eigenvalue weighted by molar-refractivity contribution is 0.445. The summed E-state index contributed by atoms with van der Waals surface area (Å²) in [5.74, 6) is 3.08. The van der Waals surface area contributed by atoms with E-state index in [1.165, 1.54) is 31.4 Å². The predicted molar refractivity (Wildman–Crippen MR) is 76.1 cm³/mol. The molecule has 1 saturated heterocycles. The third-order valence-corrected chi connectivity index (χ3v) is 5.08. The van der Waals surface area contributed by atoms with E-state index in [0.717, 1.165) is 16.7 Å². The van der Waals surface area contributed by atoms with E-state index in [2.05, 4.69) is 12.2 Å². The van der Waals surface area contributed by atoms with Crippen LogP contribution in [0.2, 0.25) is 0 Å². The second-order valence-electron chi connectivity index (χ2n) is 5.46. The van der Waals surface area contributed by atoms with Crippen molar-refractivity contribution in [1.29, 1.82) is 0 Å². The van der Waals surface area contributed by atoms with Crippen molar-refractivity contribution in [2.24, 2.45) is 4.99 Å². The number of nitrogens with zero attached hydrogens (tertiary/aromatic N) is 1. The summed E-state index contributed by atoms with van der Waals surface area (Å²) < 4.78 is 5.63. The highest BCUT2D eigenvalue weighted by atomic mass is 32.2. The van der Waals surface area contributed by atoms with Gasteiger partial charge in [0.15, 0.2) is 5.17 Å². The minimum absolute atomic E-state index is 0.102. The van der Waals surface area contributed by atoms with Crippen LogP contribution < -0.4 is 5.32 Å². The molecule has 0 aromatic carbocycles. The molecule has 0 amide bonds. The number of aliphatic imine (C=N–C) groups is 1. The zero-order valence-corrected chi connectivity index (χ0v) is 11.8. The summed E-state index contributed by atoms with van der Waals surface area (Å²) in [7, 11) is 0. The Labute approximate surface area is 112 Å². The lowest BCUT2D eigenvalue weighted by Crippen LogP contribution is -2.40. The SMILES string of the molecule is Cc1ccc(C(C)N=C2NC3(CCCC3)CS2)o1. The smallest absolute Gasteiger partial charge is 0.157 e. The van der Waals surface area contributed by atoms with Gasteiger partial charge in [0.1, 0.15) is 17.6 Å². The molecular weight excluding hydrogens is 244 g/mol. The van der Waals surface area contributed by atoms with Crippen molar-refractivity contribution in [2.75, 3.05) is 5.75 Å². The third kappa shape index (κ3) is 2.30. The fraction of sp³-hybridized carbons (Fsp3) is 0.643. The molecule has 1 aliphatic heterocycles. The molecule has 0 bridgehead atoms. The van der Waals surface area contributed by atoms with E-state index in [-0.39, 0.29) is 6.04 Å². The van der Waals surface area contributed by atoms with E-state index in [1.807, 2.05) is 30.8 Å². The standard InChI is InChI=1S/C14H20N2OS/c1-10-5-6-12(17-10)11(2)15-13-16-14(9-18-13)7-3-4-8-14/h5-6,11H,3-4,7-9H2,1-2H3,(H,15,16). The molecule has 1 aromatic rings. The molecule has 2 heterocycles. The van der Waals surface area contributed by atoms with E-state index in [9.17, 15) is 0 Å². The third-order valence-electron chi connectivity index (χ3n) is 3.90. The normalized spacial score (nSPS) is 25.8. The maximum Gasteiger partial charge on any atom is 0.157 e. The van der Waals surface area contributed by atoms with Crippen molar-refractivity contribution in [3.63, 3.8) is 0 Å². The largest absolute Gasteiger partial charge is 0.464 e. The average molecular weight is 264 g/mol. The van der Waals surface area contributed by atoms with Crippen LogP contribution in [0.4, 0.5) is 0 Å². The molecule has 2 fully saturated rings. The van der Waals surface area contributed by atoms with Gasteiger partial charge in [-0.15, -0.1) is 0 Å². The summed E-state index contributed by atoms with van der Waals surface area (Å²) in [6.45, 7) is 4.06. The van der Waals surface area contributed by atoms with Crippen LogP contribution >= 0.6 is 11.8 Å². The maximum atomic E-state index is 5.63. The van der Waals surface area contributed by atoms with Crippen LogP contribution in [0, 0.1) is 6.92 Å². The topological polar surface area (TPSA) is 37.5 Å². The summed E-state index contributed by atoms with van der Waals surface area (Å²) in [5.41, 5.74) is 0.350. The second-order valence-corrected chi connectivity index (χ2v) is 6.42. The molecule has 1 saturated carbocycles. The van der Waals surface area contributed by atoms with E-state index >= 15 is 0 Å². The van der Waals surface area contributed by atoms with Crippen molar-refractivity contribution < 1.29 is 4.42 Å². The zero-order valence-electron chi connectivity index (χ0n) is 11.0. The van der Waals surface area contributed by atoms with E-state index in [4.69, 9.17) is 9.41 Å². The highest BCUT2D eigenvalue weighted by molar-refractivity contribution is 8.14. The van der Waals surface area contributed by atoms with Crippen molar-refractivity contribution in [3.05, 3.63) is 23.7 Å². The lowest BCUT2D eigenvalue weighted by Gasteiger charge is -2.21. The molecule has 1 unspecified atom stereocenters. The number of thioether (sulfide) groups is 1. The van der Waals surface area contributed by atoms with Gasteiger partial charge < -0.3 is 9.73 Å². The lowest BCUT2D eigenvalue weighted by atomic mass is 10.0. The van der Waals surface area contributed by atoms with Crippen LogP contribution in [-0.4, -0.2) is 16.5 Å². The van der Waals surface area contributed by atoms with Gasteiger partial charge in [0.2, 0.25) is 0 Å². The van der Waals surface area contributed by atoms with Crippen LogP contribution in [0.1, 0.15) is 50.2 Å². The summed E-state index contributed by atoms with van der Waals surface area (Å²) >= 11 is 1.87. The molecule has 4 heteroatoms. The minimum atomic E-state index is 0.102. The number of hydrogen-bond acceptors (Lipinski definition) is 3. The molecule has 0 radical (unpaired) electrons. The Morgan fingerprint density at radius 2 is 2.17 bits per heavy atom. The van der Waals surface area contributed by atoms with Gasteiger partial charge in [0.25, 0.3) is 0 Å². The Kier molecular flexibility index (Phi) is 3.14. The van der Waals surface area contributed by atoms with Crippen molar-refractivity contribution in [2.45, 2.75) is 51.1 Å². The average Bonchev–Trinajstić information content (AvgIpc) is 3.03. The van der Waals surface area contributed by atoms with Crippen molar-refractivity contribution in [1.82, 2.24) is 5.32 Å². The minimum Gasteiger partial charge on any atom is -0.464 e. The number of furan rings is 1. The Bertz CT molecular complexity index is 460. The molecule has 2 aliphatic rings. The first kappa shape index (κ1) is 12.2. The molecule has 1 spiro atoms. The predicted octanol–water partition coefficient (Wildman–Crippen LogP) is 3.65. The molecule has 3 rings (SSSR count). The van der Waals surface area contributed by atoms with Gasteiger partial charge in [0, 0.05) is 11.3 Å². The fourth-order valence-corrected chi connectivity index (χ4v) is 4.11. The van der Waals surface area contributed by atoms with Gasteiger partial charge in [-0.3, -0.25) is 4.99 Å². The Morgan fingerprint density at radius 1 is 1.39 bits per heavy atom. The Balaban J connectivity index is 1.70. The first-order valence-electron chi connectivity index (χ1n) is 6.72. The van der Waals surface area contributed by atoms with Gasteiger partial charge >= 0.3 is 0 Å². The molecule has 1 aromatic heterocycles. The first-order chi connectivity index (χ1) is 8.67.